The minimum Gasteiger partial charge on any atom is -0.497 e. The van der Waals surface area contributed by atoms with E-state index in [0.29, 0.717) is 22.6 Å². The SMILES string of the molecule is COc1ccc(C(=O)c2ccc(Nc3ccc(C(C)(C)C)cc3)cc2)c(OC)c1. The molecule has 3 rings (SSSR count). The fourth-order valence-corrected chi connectivity index (χ4v) is 3.07. The van der Waals surface area contributed by atoms with Gasteiger partial charge in [0.15, 0.2) is 5.78 Å². The Hall–Kier alpha value is -3.27. The van der Waals surface area contributed by atoms with Crippen molar-refractivity contribution < 1.29 is 14.3 Å². The van der Waals surface area contributed by atoms with Crippen molar-refractivity contribution in [3.8, 4) is 11.5 Å². The van der Waals surface area contributed by atoms with E-state index in [4.69, 9.17) is 9.47 Å². The van der Waals surface area contributed by atoms with Gasteiger partial charge in [0, 0.05) is 23.0 Å². The zero-order chi connectivity index (χ0) is 21.0. The van der Waals surface area contributed by atoms with Crippen molar-refractivity contribution in [2.75, 3.05) is 19.5 Å². The Morgan fingerprint density at radius 2 is 1.38 bits per heavy atom. The predicted molar refractivity (Wildman–Crippen MR) is 118 cm³/mol. The molecule has 4 nitrogen and oxygen atoms in total. The second-order valence-corrected chi connectivity index (χ2v) is 7.93. The lowest BCUT2D eigenvalue weighted by atomic mass is 9.87. The van der Waals surface area contributed by atoms with Crippen molar-refractivity contribution in [3.05, 3.63) is 83.4 Å². The van der Waals surface area contributed by atoms with Crippen molar-refractivity contribution in [2.45, 2.75) is 26.2 Å². The molecule has 29 heavy (non-hydrogen) atoms. The standard InChI is InChI=1S/C25H27NO3/c1-25(2,3)18-8-12-20(13-9-18)26-19-10-6-17(7-11-19)24(27)22-15-14-21(28-4)16-23(22)29-5/h6-16,26H,1-5H3. The van der Waals surface area contributed by atoms with Crippen LogP contribution in [0.15, 0.2) is 66.7 Å². The number of carbonyl (C=O) groups excluding carboxylic acids is 1. The highest BCUT2D eigenvalue weighted by atomic mass is 16.5. The fourth-order valence-electron chi connectivity index (χ4n) is 3.07. The average Bonchev–Trinajstić information content (AvgIpc) is 2.73. The summed E-state index contributed by atoms with van der Waals surface area (Å²) in [6, 6.07) is 21.0. The molecule has 150 valence electrons. The van der Waals surface area contributed by atoms with Gasteiger partial charge in [-0.1, -0.05) is 32.9 Å². The summed E-state index contributed by atoms with van der Waals surface area (Å²) in [5.41, 5.74) is 4.45. The molecule has 0 atom stereocenters. The third kappa shape index (κ3) is 4.77. The van der Waals surface area contributed by atoms with Gasteiger partial charge in [0.2, 0.25) is 0 Å². The summed E-state index contributed by atoms with van der Waals surface area (Å²) >= 11 is 0. The van der Waals surface area contributed by atoms with Gasteiger partial charge in [-0.25, -0.2) is 0 Å². The molecule has 0 aliphatic rings. The van der Waals surface area contributed by atoms with Crippen molar-refractivity contribution in [3.63, 3.8) is 0 Å². The van der Waals surface area contributed by atoms with E-state index in [1.807, 2.05) is 24.3 Å². The van der Waals surface area contributed by atoms with Crippen LogP contribution >= 0.6 is 0 Å². The Kier molecular flexibility index (Phi) is 5.92. The summed E-state index contributed by atoms with van der Waals surface area (Å²) in [6.07, 6.45) is 0. The number of hydrogen-bond donors (Lipinski definition) is 1. The summed E-state index contributed by atoms with van der Waals surface area (Å²) < 4.78 is 10.5. The topological polar surface area (TPSA) is 47.6 Å². The second-order valence-electron chi connectivity index (χ2n) is 7.93. The molecule has 0 saturated carbocycles. The molecule has 3 aromatic rings. The quantitative estimate of drug-likeness (QED) is 0.527. The normalized spacial score (nSPS) is 11.1. The molecule has 0 aliphatic heterocycles. The van der Waals surface area contributed by atoms with Gasteiger partial charge in [0.1, 0.15) is 11.5 Å². The average molecular weight is 389 g/mol. The first-order valence-electron chi connectivity index (χ1n) is 9.56. The van der Waals surface area contributed by atoms with Crippen molar-refractivity contribution in [1.29, 1.82) is 0 Å². The maximum Gasteiger partial charge on any atom is 0.196 e. The van der Waals surface area contributed by atoms with Gasteiger partial charge in [-0.05, 0) is 59.5 Å². The lowest BCUT2D eigenvalue weighted by Crippen LogP contribution is -2.10. The van der Waals surface area contributed by atoms with Crippen molar-refractivity contribution in [2.24, 2.45) is 0 Å². The van der Waals surface area contributed by atoms with Crippen LogP contribution in [-0.4, -0.2) is 20.0 Å². The molecule has 0 fully saturated rings. The van der Waals surface area contributed by atoms with Gasteiger partial charge in [0.05, 0.1) is 19.8 Å². The molecule has 0 radical (unpaired) electrons. The third-order valence-corrected chi connectivity index (χ3v) is 4.84. The maximum absolute atomic E-state index is 12.9. The first-order chi connectivity index (χ1) is 13.8. The van der Waals surface area contributed by atoms with E-state index >= 15 is 0 Å². The molecule has 0 spiro atoms. The zero-order valence-electron chi connectivity index (χ0n) is 17.6. The number of carbonyl (C=O) groups is 1. The van der Waals surface area contributed by atoms with Crippen LogP contribution in [0.1, 0.15) is 42.3 Å². The molecule has 4 heteroatoms. The third-order valence-electron chi connectivity index (χ3n) is 4.84. The Bertz CT molecular complexity index is 984. The highest BCUT2D eigenvalue weighted by Crippen LogP contribution is 2.28. The number of nitrogens with one attached hydrogen (secondary N) is 1. The lowest BCUT2D eigenvalue weighted by molar-refractivity contribution is 0.103. The summed E-state index contributed by atoms with van der Waals surface area (Å²) in [7, 11) is 3.13. The Balaban J connectivity index is 1.75. The first kappa shape index (κ1) is 20.5. The summed E-state index contributed by atoms with van der Waals surface area (Å²) in [4.78, 5) is 12.9. The number of benzene rings is 3. The van der Waals surface area contributed by atoms with Gasteiger partial charge >= 0.3 is 0 Å². The maximum atomic E-state index is 12.9. The molecule has 0 saturated heterocycles. The number of hydrogen-bond acceptors (Lipinski definition) is 4. The van der Waals surface area contributed by atoms with Crippen LogP contribution in [0, 0.1) is 0 Å². The van der Waals surface area contributed by atoms with Crippen LogP contribution in [-0.2, 0) is 5.41 Å². The lowest BCUT2D eigenvalue weighted by Gasteiger charge is -2.19. The highest BCUT2D eigenvalue weighted by Gasteiger charge is 2.16. The number of anilines is 2. The van der Waals surface area contributed by atoms with Crippen molar-refractivity contribution in [1.82, 2.24) is 0 Å². The molecular formula is C25H27NO3. The monoisotopic (exact) mass is 389 g/mol. The summed E-state index contributed by atoms with van der Waals surface area (Å²) in [5, 5.41) is 3.37. The van der Waals surface area contributed by atoms with Crippen LogP contribution in [0.2, 0.25) is 0 Å². The van der Waals surface area contributed by atoms with Crippen LogP contribution in [0.5, 0.6) is 11.5 Å². The number of ketones is 1. The Morgan fingerprint density at radius 3 is 1.90 bits per heavy atom. The molecule has 0 amide bonds. The van der Waals surface area contributed by atoms with Gasteiger partial charge in [0.25, 0.3) is 0 Å². The van der Waals surface area contributed by atoms with Crippen molar-refractivity contribution >= 4 is 17.2 Å². The van der Waals surface area contributed by atoms with E-state index < -0.39 is 0 Å². The smallest absolute Gasteiger partial charge is 0.196 e. The molecule has 0 aromatic heterocycles. The summed E-state index contributed by atoms with van der Waals surface area (Å²) in [6.45, 7) is 6.59. The number of ether oxygens (including phenoxy) is 2. The molecule has 0 unspecified atom stereocenters. The largest absolute Gasteiger partial charge is 0.497 e. The van der Waals surface area contributed by atoms with E-state index in [-0.39, 0.29) is 11.2 Å². The van der Waals surface area contributed by atoms with E-state index in [0.717, 1.165) is 11.4 Å². The predicted octanol–water partition coefficient (Wildman–Crippen LogP) is 5.98. The van der Waals surface area contributed by atoms with Crippen LogP contribution in [0.4, 0.5) is 11.4 Å². The molecule has 3 aromatic carbocycles. The molecule has 0 bridgehead atoms. The Morgan fingerprint density at radius 1 is 0.793 bits per heavy atom. The molecule has 0 aliphatic carbocycles. The Labute approximate surface area is 172 Å². The molecule has 0 heterocycles. The number of rotatable bonds is 6. The first-order valence-corrected chi connectivity index (χ1v) is 9.56. The van der Waals surface area contributed by atoms with E-state index in [9.17, 15) is 4.79 Å². The zero-order valence-corrected chi connectivity index (χ0v) is 17.6. The minimum atomic E-state index is -0.0921. The van der Waals surface area contributed by atoms with Gasteiger partial charge < -0.3 is 14.8 Å². The highest BCUT2D eigenvalue weighted by molar-refractivity contribution is 6.11. The minimum absolute atomic E-state index is 0.0921. The van der Waals surface area contributed by atoms with Gasteiger partial charge in [-0.3, -0.25) is 4.79 Å². The van der Waals surface area contributed by atoms with Gasteiger partial charge in [-0.2, -0.15) is 0 Å². The molecule has 1 N–H and O–H groups in total. The van der Waals surface area contributed by atoms with Gasteiger partial charge in [-0.15, -0.1) is 0 Å². The number of methoxy groups -OCH3 is 2. The second kappa shape index (κ2) is 8.39. The van der Waals surface area contributed by atoms with E-state index in [1.165, 1.54) is 5.56 Å². The van der Waals surface area contributed by atoms with Crippen LogP contribution in [0.25, 0.3) is 0 Å². The van der Waals surface area contributed by atoms with E-state index in [1.54, 1.807) is 32.4 Å². The fraction of sp³-hybridized carbons (Fsp3) is 0.240. The molecular weight excluding hydrogens is 362 g/mol. The van der Waals surface area contributed by atoms with Crippen LogP contribution in [0.3, 0.4) is 0 Å². The van der Waals surface area contributed by atoms with Crippen LogP contribution < -0.4 is 14.8 Å². The summed E-state index contributed by atoms with van der Waals surface area (Å²) in [5.74, 6) is 1.05. The van der Waals surface area contributed by atoms with E-state index in [2.05, 4.69) is 50.4 Å².